The maximum atomic E-state index is 5.76. The minimum atomic E-state index is 0. The topological polar surface area (TPSA) is 0 Å². The van der Waals surface area contributed by atoms with Crippen LogP contribution in [0.2, 0.25) is 0 Å². The summed E-state index contributed by atoms with van der Waals surface area (Å²) in [6, 6.07) is 0. The largest absolute Gasteiger partial charge is 4.00 e. The van der Waals surface area contributed by atoms with E-state index in [1.807, 2.05) is 0 Å². The summed E-state index contributed by atoms with van der Waals surface area (Å²) in [5.41, 5.74) is 0. The predicted octanol–water partition coefficient (Wildman–Crippen LogP) is 26.4. The number of unbranched alkanes of at least 4 members (excludes halogenated alkanes) is 48. The van der Waals surface area contributed by atoms with Gasteiger partial charge < -0.3 is 166 Å². The van der Waals surface area contributed by atoms with Gasteiger partial charge in [0.25, 0.3) is 0 Å². The smallest absolute Gasteiger partial charge is 0.489 e. The first-order valence-electron chi connectivity index (χ1n) is 39.4. The monoisotopic (exact) mass is 1600 g/mol. The molecular formula is C76H152MoN4S12. The van der Waals surface area contributed by atoms with Crippen molar-refractivity contribution in [2.24, 2.45) is 0 Å². The van der Waals surface area contributed by atoms with Crippen molar-refractivity contribution in [1.82, 2.24) is 0 Å². The van der Waals surface area contributed by atoms with Crippen LogP contribution < -0.4 is 0 Å². The third kappa shape index (κ3) is 71.9. The Morgan fingerprint density at radius 1 is 0.172 bits per heavy atom. The fourth-order valence-corrected chi connectivity index (χ4v) is 14.3. The van der Waals surface area contributed by atoms with E-state index in [0.717, 1.165) is 52.4 Å². The van der Waals surface area contributed by atoms with Gasteiger partial charge in [0.2, 0.25) is 0 Å². The molecule has 0 aromatic rings. The fourth-order valence-electron chi connectivity index (χ4n) is 11.8. The van der Waals surface area contributed by atoms with Gasteiger partial charge in [-0.1, -0.05) is 312 Å². The SMILES string of the molecule is CCCCCCCCC[N+]([S-])(CCCCCCCCC)C(=S)[S-].CCCCCCCCC[N+]([S-])(CCCCCCCCC)C(=S)[S-].CCCCCCCCC[N+]([S-])(CCCCCCCCC)C(=S)[S-].CCCCCCCCC[N+]([S-])(CCCCCCCCC)C(=S)[S-].[Mo+4]. The van der Waals surface area contributed by atoms with Crippen molar-refractivity contribution < 1.29 is 36.6 Å². The van der Waals surface area contributed by atoms with Crippen molar-refractivity contribution >= 4 is 168 Å². The van der Waals surface area contributed by atoms with E-state index < -0.39 is 0 Å². The van der Waals surface area contributed by atoms with Crippen LogP contribution in [0.25, 0.3) is 0 Å². The van der Waals surface area contributed by atoms with E-state index in [1.165, 1.54) is 360 Å². The van der Waals surface area contributed by atoms with Crippen LogP contribution in [0, 0.1) is 0 Å². The summed E-state index contributed by atoms with van der Waals surface area (Å²) < 4.78 is 4.02. The van der Waals surface area contributed by atoms with Gasteiger partial charge in [-0.25, -0.2) is 0 Å². The van der Waals surface area contributed by atoms with Gasteiger partial charge in [-0.15, -0.1) is 0 Å². The first kappa shape index (κ1) is 105. The number of hydrogen-bond acceptors (Lipinski definition) is 12. The molecular weight excluding hydrogens is 1450 g/mol. The van der Waals surface area contributed by atoms with Crippen LogP contribution in [0.3, 0.4) is 0 Å². The zero-order valence-electron chi connectivity index (χ0n) is 62.4. The summed E-state index contributed by atoms with van der Waals surface area (Å²) in [7, 11) is 0. The molecule has 0 amide bonds. The zero-order chi connectivity index (χ0) is 69.6. The number of hydrogen-bond donors (Lipinski definition) is 0. The molecule has 0 heterocycles. The van der Waals surface area contributed by atoms with Crippen molar-refractivity contribution in [3.8, 4) is 0 Å². The van der Waals surface area contributed by atoms with Gasteiger partial charge in [-0.05, 0) is 103 Å². The van der Waals surface area contributed by atoms with E-state index in [4.69, 9.17) is 151 Å². The second kappa shape index (κ2) is 79.3. The molecule has 0 aromatic carbocycles. The number of nitrogens with zero attached hydrogens (tertiary/aromatic N) is 4. The fraction of sp³-hybridized carbons (Fsp3) is 0.947. The molecule has 4 nitrogen and oxygen atoms in total. The average Bonchev–Trinajstić information content (AvgIpc) is 1.63. The summed E-state index contributed by atoms with van der Waals surface area (Å²) in [6.45, 7) is 25.8. The second-order valence-corrected chi connectivity index (χ2v) is 34.3. The Kier molecular flexibility index (Phi) is 89.3. The molecule has 0 aliphatic heterocycles. The molecule has 93 heavy (non-hydrogen) atoms. The summed E-state index contributed by atoms with van der Waals surface area (Å²) in [5, 5.41) is 0. The normalized spacial score (nSPS) is 11.7. The molecule has 0 radical (unpaired) electrons. The molecule has 0 aromatic heterocycles. The van der Waals surface area contributed by atoms with Crippen molar-refractivity contribution in [3.05, 3.63) is 0 Å². The molecule has 0 fully saturated rings. The van der Waals surface area contributed by atoms with E-state index in [1.54, 1.807) is 0 Å². The zero-order valence-corrected chi connectivity index (χ0v) is 74.2. The minimum absolute atomic E-state index is 0. The van der Waals surface area contributed by atoms with Gasteiger partial charge in [-0.3, -0.25) is 0 Å². The van der Waals surface area contributed by atoms with Gasteiger partial charge in [0.15, 0.2) is 0 Å². The molecule has 17 heteroatoms. The van der Waals surface area contributed by atoms with Crippen LogP contribution in [-0.2, 0) is 123 Å². The van der Waals surface area contributed by atoms with Gasteiger partial charge in [0.05, 0.1) is 52.4 Å². The Morgan fingerprint density at radius 3 is 0.323 bits per heavy atom. The van der Waals surface area contributed by atoms with E-state index >= 15 is 0 Å². The number of rotatable bonds is 64. The summed E-state index contributed by atoms with van der Waals surface area (Å²) >= 11 is 65.3. The summed E-state index contributed by atoms with van der Waals surface area (Å²) in [6.07, 6.45) is 73.6. The molecule has 0 atom stereocenters. The van der Waals surface area contributed by atoms with Gasteiger partial charge >= 0.3 is 21.1 Å². The van der Waals surface area contributed by atoms with Crippen molar-refractivity contribution in [2.45, 2.75) is 415 Å². The van der Waals surface area contributed by atoms with Crippen LogP contribution in [0.5, 0.6) is 0 Å². The molecule has 0 bridgehead atoms. The molecule has 0 aliphatic rings. The average molecular weight is 1600 g/mol. The second-order valence-electron chi connectivity index (χ2n) is 27.4. The Bertz CT molecular complexity index is 1290. The Labute approximate surface area is 665 Å². The molecule has 0 saturated heterocycles. The van der Waals surface area contributed by atoms with Gasteiger partial charge in [0.1, 0.15) is 0 Å². The van der Waals surface area contributed by atoms with Crippen molar-refractivity contribution in [2.75, 3.05) is 52.4 Å². The molecule has 0 N–H and O–H groups in total. The number of quaternary nitrogens is 4. The van der Waals surface area contributed by atoms with Crippen LogP contribution in [0.4, 0.5) is 0 Å². The van der Waals surface area contributed by atoms with Crippen LogP contribution in [0.15, 0.2) is 0 Å². The van der Waals surface area contributed by atoms with Crippen LogP contribution in [0.1, 0.15) is 415 Å². The molecule has 554 valence electrons. The summed E-state index contributed by atoms with van der Waals surface area (Å²) in [4.78, 5) is 0. The van der Waals surface area contributed by atoms with Gasteiger partial charge in [0, 0.05) is 17.3 Å². The van der Waals surface area contributed by atoms with E-state index in [9.17, 15) is 0 Å². The maximum absolute atomic E-state index is 5.76. The molecule has 0 rings (SSSR count). The predicted molar refractivity (Wildman–Crippen MR) is 453 cm³/mol. The third-order valence-electron chi connectivity index (χ3n) is 18.3. The first-order valence-corrected chi connectivity index (χ1v) is 44.2. The molecule has 0 unspecified atom stereocenters. The van der Waals surface area contributed by atoms with E-state index in [0.29, 0.717) is 32.8 Å². The van der Waals surface area contributed by atoms with Crippen LogP contribution in [-0.4, -0.2) is 85.2 Å². The number of thiocarbonyl (C=S) groups is 4. The quantitative estimate of drug-likeness (QED) is 0.0187. The molecule has 0 aliphatic carbocycles. The van der Waals surface area contributed by atoms with Crippen molar-refractivity contribution in [3.63, 3.8) is 0 Å². The van der Waals surface area contributed by atoms with Crippen LogP contribution >= 0.6 is 48.9 Å². The van der Waals surface area contributed by atoms with Gasteiger partial charge in [-0.2, -0.15) is 0 Å². The van der Waals surface area contributed by atoms with E-state index in [-0.39, 0.29) is 21.1 Å². The van der Waals surface area contributed by atoms with Crippen molar-refractivity contribution in [1.29, 1.82) is 0 Å². The Balaban J connectivity index is -0.000000369. The minimum Gasteiger partial charge on any atom is -0.489 e. The Morgan fingerprint density at radius 2 is 0.247 bits per heavy atom. The molecule has 0 spiro atoms. The molecule has 0 saturated carbocycles. The maximum Gasteiger partial charge on any atom is 4.00 e. The first-order chi connectivity index (χ1) is 44.3. The van der Waals surface area contributed by atoms with E-state index in [2.05, 4.69) is 55.4 Å². The Hall–Kier alpha value is 3.17. The summed E-state index contributed by atoms with van der Waals surface area (Å²) in [5.74, 6) is 0. The third-order valence-corrected chi connectivity index (χ3v) is 24.2. The standard InChI is InChI=1S/4C19H39NS3.Mo/c4*1-3-5-7-9-11-13-15-17-20(23,19(21)22)18-16-14-12-10-8-6-4-2;/h4*3-18H2,1-2H3,(H,21,22);/q;;;;+4/p-4.